The number of benzene rings is 1. The Bertz CT molecular complexity index is 531. The van der Waals surface area contributed by atoms with E-state index in [1.165, 1.54) is 18.4 Å². The molecule has 0 radical (unpaired) electrons. The topological polar surface area (TPSA) is 46.9 Å². The Labute approximate surface area is 119 Å². The van der Waals surface area contributed by atoms with Gasteiger partial charge in [0.05, 0.1) is 0 Å². The number of nitrogens with zero attached hydrogens (tertiary/aromatic N) is 2. The fourth-order valence-corrected chi connectivity index (χ4v) is 2.01. The Morgan fingerprint density at radius 2 is 2.10 bits per heavy atom. The van der Waals surface area contributed by atoms with Crippen molar-refractivity contribution in [1.29, 1.82) is 0 Å². The molecule has 0 spiro atoms. The zero-order valence-corrected chi connectivity index (χ0v) is 12.0. The molecule has 1 heterocycles. The highest BCUT2D eigenvalue weighted by molar-refractivity contribution is 5.93. The molecule has 2 rings (SSSR count). The summed E-state index contributed by atoms with van der Waals surface area (Å²) in [5, 5.41) is 7.00. The van der Waals surface area contributed by atoms with Gasteiger partial charge in [-0.3, -0.25) is 9.48 Å². The molecule has 1 atom stereocenters. The Balaban J connectivity index is 1.94. The van der Waals surface area contributed by atoms with Gasteiger partial charge in [-0.05, 0) is 43.5 Å². The van der Waals surface area contributed by atoms with Crippen molar-refractivity contribution in [2.45, 2.75) is 39.2 Å². The van der Waals surface area contributed by atoms with Gasteiger partial charge >= 0.3 is 0 Å². The van der Waals surface area contributed by atoms with Gasteiger partial charge in [-0.15, -0.1) is 0 Å². The molecule has 0 aliphatic heterocycles. The van der Waals surface area contributed by atoms with Crippen LogP contribution in [0.5, 0.6) is 0 Å². The second-order valence-corrected chi connectivity index (χ2v) is 4.95. The van der Waals surface area contributed by atoms with E-state index in [-0.39, 0.29) is 11.9 Å². The van der Waals surface area contributed by atoms with E-state index < -0.39 is 0 Å². The molecule has 1 aromatic carbocycles. The lowest BCUT2D eigenvalue weighted by molar-refractivity contribution is -0.119. The average Bonchev–Trinajstić information content (AvgIpc) is 3.00. The minimum atomic E-state index is -0.315. The van der Waals surface area contributed by atoms with Gasteiger partial charge in [0, 0.05) is 18.1 Å². The second-order valence-electron chi connectivity index (χ2n) is 4.95. The third-order valence-corrected chi connectivity index (χ3v) is 3.34. The third kappa shape index (κ3) is 3.70. The van der Waals surface area contributed by atoms with Crippen molar-refractivity contribution in [3.05, 3.63) is 48.3 Å². The number of carbonyl (C=O) groups is 1. The predicted octanol–water partition coefficient (Wildman–Crippen LogP) is 3.43. The van der Waals surface area contributed by atoms with E-state index in [9.17, 15) is 4.79 Å². The number of aryl methyl sites for hydroxylation is 1. The smallest absolute Gasteiger partial charge is 0.248 e. The van der Waals surface area contributed by atoms with Crippen molar-refractivity contribution in [3.63, 3.8) is 0 Å². The number of unbranched alkanes of at least 4 members (excludes halogenated alkanes) is 1. The summed E-state index contributed by atoms with van der Waals surface area (Å²) in [5.74, 6) is -0.0602. The van der Waals surface area contributed by atoms with Crippen LogP contribution in [0.2, 0.25) is 0 Å². The minimum absolute atomic E-state index is 0.0602. The van der Waals surface area contributed by atoms with E-state index in [4.69, 9.17) is 0 Å². The van der Waals surface area contributed by atoms with Gasteiger partial charge in [-0.1, -0.05) is 25.5 Å². The molecule has 1 aromatic heterocycles. The van der Waals surface area contributed by atoms with Gasteiger partial charge in [-0.2, -0.15) is 5.10 Å². The summed E-state index contributed by atoms with van der Waals surface area (Å²) in [6.07, 6.45) is 6.95. The SMILES string of the molecule is CCCCc1ccc(NC(=O)C(C)n2cccn2)cc1. The molecule has 20 heavy (non-hydrogen) atoms. The maximum absolute atomic E-state index is 12.1. The molecular weight excluding hydrogens is 250 g/mol. The van der Waals surface area contributed by atoms with Crippen LogP contribution in [0.4, 0.5) is 5.69 Å². The minimum Gasteiger partial charge on any atom is -0.324 e. The average molecular weight is 271 g/mol. The van der Waals surface area contributed by atoms with E-state index in [0.29, 0.717) is 0 Å². The van der Waals surface area contributed by atoms with Crippen molar-refractivity contribution in [2.75, 3.05) is 5.32 Å². The van der Waals surface area contributed by atoms with Crippen LogP contribution in [-0.4, -0.2) is 15.7 Å². The van der Waals surface area contributed by atoms with Gasteiger partial charge < -0.3 is 5.32 Å². The monoisotopic (exact) mass is 271 g/mol. The molecule has 1 amide bonds. The highest BCUT2D eigenvalue weighted by Crippen LogP contribution is 2.14. The van der Waals surface area contributed by atoms with Crippen molar-refractivity contribution >= 4 is 11.6 Å². The van der Waals surface area contributed by atoms with Crippen LogP contribution in [0.15, 0.2) is 42.7 Å². The number of carbonyl (C=O) groups excluding carboxylic acids is 1. The molecule has 1 unspecified atom stereocenters. The van der Waals surface area contributed by atoms with Crippen molar-refractivity contribution < 1.29 is 4.79 Å². The van der Waals surface area contributed by atoms with Gasteiger partial charge in [0.1, 0.15) is 6.04 Å². The number of hydrogen-bond donors (Lipinski definition) is 1. The lowest BCUT2D eigenvalue weighted by atomic mass is 10.1. The molecule has 2 aromatic rings. The maximum atomic E-state index is 12.1. The second kappa shape index (κ2) is 6.89. The number of rotatable bonds is 6. The normalized spacial score (nSPS) is 12.1. The molecule has 0 saturated heterocycles. The molecule has 0 saturated carbocycles. The Kier molecular flexibility index (Phi) is 4.93. The van der Waals surface area contributed by atoms with Gasteiger partial charge in [0.2, 0.25) is 5.91 Å². The quantitative estimate of drug-likeness (QED) is 0.875. The third-order valence-electron chi connectivity index (χ3n) is 3.34. The summed E-state index contributed by atoms with van der Waals surface area (Å²) in [6.45, 7) is 4.02. The molecule has 4 nitrogen and oxygen atoms in total. The molecular formula is C16H21N3O. The van der Waals surface area contributed by atoms with Crippen LogP contribution in [-0.2, 0) is 11.2 Å². The summed E-state index contributed by atoms with van der Waals surface area (Å²) >= 11 is 0. The molecule has 0 fully saturated rings. The maximum Gasteiger partial charge on any atom is 0.248 e. The number of anilines is 1. The molecule has 0 bridgehead atoms. The summed E-state index contributed by atoms with van der Waals surface area (Å²) in [5.41, 5.74) is 2.14. The summed E-state index contributed by atoms with van der Waals surface area (Å²) in [4.78, 5) is 12.1. The van der Waals surface area contributed by atoms with Gasteiger partial charge in [0.25, 0.3) is 0 Å². The molecule has 0 aliphatic carbocycles. The van der Waals surface area contributed by atoms with Crippen molar-refractivity contribution in [1.82, 2.24) is 9.78 Å². The van der Waals surface area contributed by atoms with E-state index in [0.717, 1.165) is 12.1 Å². The number of amides is 1. The van der Waals surface area contributed by atoms with Crippen LogP contribution in [0.25, 0.3) is 0 Å². The number of hydrogen-bond acceptors (Lipinski definition) is 2. The molecule has 0 aliphatic rings. The summed E-state index contributed by atoms with van der Waals surface area (Å²) in [7, 11) is 0. The Morgan fingerprint density at radius 1 is 1.35 bits per heavy atom. The largest absolute Gasteiger partial charge is 0.324 e. The first kappa shape index (κ1) is 14.3. The fourth-order valence-electron chi connectivity index (χ4n) is 2.01. The molecule has 1 N–H and O–H groups in total. The zero-order valence-electron chi connectivity index (χ0n) is 12.0. The highest BCUT2D eigenvalue weighted by Gasteiger charge is 2.14. The van der Waals surface area contributed by atoms with E-state index in [1.54, 1.807) is 17.1 Å². The first-order chi connectivity index (χ1) is 9.70. The lowest BCUT2D eigenvalue weighted by Gasteiger charge is -2.13. The predicted molar refractivity (Wildman–Crippen MR) is 80.6 cm³/mol. The molecule has 106 valence electrons. The first-order valence-electron chi connectivity index (χ1n) is 7.09. The van der Waals surface area contributed by atoms with Crippen molar-refractivity contribution in [3.8, 4) is 0 Å². The standard InChI is InChI=1S/C16H21N3O/c1-3-4-6-14-7-9-15(10-8-14)18-16(20)13(2)19-12-5-11-17-19/h5,7-13H,3-4,6H2,1-2H3,(H,18,20). The van der Waals surface area contributed by atoms with Crippen LogP contribution in [0.1, 0.15) is 38.3 Å². The van der Waals surface area contributed by atoms with E-state index in [2.05, 4.69) is 29.5 Å². The zero-order chi connectivity index (χ0) is 14.4. The Hall–Kier alpha value is -2.10. The van der Waals surface area contributed by atoms with E-state index >= 15 is 0 Å². The van der Waals surface area contributed by atoms with Crippen LogP contribution < -0.4 is 5.32 Å². The highest BCUT2D eigenvalue weighted by atomic mass is 16.2. The summed E-state index contributed by atoms with van der Waals surface area (Å²) in [6, 6.07) is 9.56. The van der Waals surface area contributed by atoms with Crippen LogP contribution in [0, 0.1) is 0 Å². The van der Waals surface area contributed by atoms with Gasteiger partial charge in [-0.25, -0.2) is 0 Å². The van der Waals surface area contributed by atoms with E-state index in [1.807, 2.05) is 25.1 Å². The van der Waals surface area contributed by atoms with Crippen molar-refractivity contribution in [2.24, 2.45) is 0 Å². The van der Waals surface area contributed by atoms with Crippen LogP contribution in [0.3, 0.4) is 0 Å². The Morgan fingerprint density at radius 3 is 2.70 bits per heavy atom. The first-order valence-corrected chi connectivity index (χ1v) is 7.09. The molecule has 4 heteroatoms. The lowest BCUT2D eigenvalue weighted by Crippen LogP contribution is -2.23. The summed E-state index contributed by atoms with van der Waals surface area (Å²) < 4.78 is 1.64. The fraction of sp³-hybridized carbons (Fsp3) is 0.375. The van der Waals surface area contributed by atoms with Gasteiger partial charge in [0.15, 0.2) is 0 Å². The van der Waals surface area contributed by atoms with Crippen LogP contribution >= 0.6 is 0 Å². The number of nitrogens with one attached hydrogen (secondary N) is 1. The number of aromatic nitrogens is 2.